The molecular formula is C24H31FN4O3. The maximum absolute atomic E-state index is 13.0. The molecule has 1 unspecified atom stereocenters. The molecule has 0 bridgehead atoms. The largest absolute Gasteiger partial charge is 0.489 e. The highest BCUT2D eigenvalue weighted by molar-refractivity contribution is 5.79. The highest BCUT2D eigenvalue weighted by Crippen LogP contribution is 2.19. The number of rotatable bonds is 11. The Hall–Kier alpha value is -3.29. The molecule has 1 amide bonds. The van der Waals surface area contributed by atoms with E-state index >= 15 is 0 Å². The zero-order valence-electron chi connectivity index (χ0n) is 18.6. The van der Waals surface area contributed by atoms with E-state index in [2.05, 4.69) is 20.9 Å². The molecule has 2 aromatic rings. The number of ether oxygens (including phenoxy) is 2. The summed E-state index contributed by atoms with van der Waals surface area (Å²) in [6.45, 7) is 5.64. The first-order chi connectivity index (χ1) is 15.5. The fourth-order valence-electron chi connectivity index (χ4n) is 2.92. The summed E-state index contributed by atoms with van der Waals surface area (Å²) in [5, 5.41) is 9.37. The van der Waals surface area contributed by atoms with Crippen LogP contribution in [0.2, 0.25) is 0 Å². The first kappa shape index (κ1) is 23.4. The summed E-state index contributed by atoms with van der Waals surface area (Å²) in [6.07, 6.45) is 1.97. The van der Waals surface area contributed by atoms with Crippen LogP contribution in [0.5, 0.6) is 11.5 Å². The number of guanidine groups is 1. The van der Waals surface area contributed by atoms with Crippen molar-refractivity contribution in [3.63, 3.8) is 0 Å². The van der Waals surface area contributed by atoms with Crippen molar-refractivity contribution in [3.8, 4) is 11.5 Å². The second kappa shape index (κ2) is 11.9. The van der Waals surface area contributed by atoms with Crippen LogP contribution in [0.4, 0.5) is 4.39 Å². The van der Waals surface area contributed by atoms with Gasteiger partial charge in [0.25, 0.3) is 5.91 Å². The third-order valence-corrected chi connectivity index (χ3v) is 4.68. The number of nitrogens with zero attached hydrogens (tertiary/aromatic N) is 1. The second-order valence-electron chi connectivity index (χ2n) is 7.74. The average Bonchev–Trinajstić information content (AvgIpc) is 3.60. The van der Waals surface area contributed by atoms with E-state index in [-0.39, 0.29) is 24.4 Å². The van der Waals surface area contributed by atoms with Crippen LogP contribution < -0.4 is 25.4 Å². The molecule has 172 valence electrons. The van der Waals surface area contributed by atoms with Crippen molar-refractivity contribution in [3.05, 3.63) is 59.9 Å². The van der Waals surface area contributed by atoms with Gasteiger partial charge in [-0.1, -0.05) is 12.1 Å². The molecule has 0 radical (unpaired) electrons. The molecular weight excluding hydrogens is 411 g/mol. The van der Waals surface area contributed by atoms with Gasteiger partial charge in [0.1, 0.15) is 23.4 Å². The van der Waals surface area contributed by atoms with Crippen LogP contribution in [0.15, 0.2) is 53.5 Å². The Balaban J connectivity index is 1.47. The monoisotopic (exact) mass is 442 g/mol. The van der Waals surface area contributed by atoms with E-state index in [0.717, 1.165) is 24.9 Å². The molecule has 1 aliphatic carbocycles. The van der Waals surface area contributed by atoms with Gasteiger partial charge in [-0.15, -0.1) is 0 Å². The van der Waals surface area contributed by atoms with E-state index in [4.69, 9.17) is 9.47 Å². The van der Waals surface area contributed by atoms with E-state index in [1.165, 1.54) is 12.1 Å². The molecule has 1 atom stereocenters. The van der Waals surface area contributed by atoms with Crippen molar-refractivity contribution >= 4 is 11.9 Å². The topological polar surface area (TPSA) is 84.0 Å². The predicted molar refractivity (Wildman–Crippen MR) is 122 cm³/mol. The minimum atomic E-state index is -0.291. The minimum Gasteiger partial charge on any atom is -0.489 e. The number of nitrogens with one attached hydrogen (secondary N) is 3. The molecule has 1 aliphatic rings. The van der Waals surface area contributed by atoms with Crippen molar-refractivity contribution in [2.75, 3.05) is 19.7 Å². The Bertz CT molecular complexity index is 900. The Morgan fingerprint density at radius 3 is 2.66 bits per heavy atom. The first-order valence-corrected chi connectivity index (χ1v) is 11.0. The van der Waals surface area contributed by atoms with Gasteiger partial charge in [-0.3, -0.25) is 4.79 Å². The number of amides is 1. The molecule has 8 heteroatoms. The first-order valence-electron chi connectivity index (χ1n) is 11.0. The summed E-state index contributed by atoms with van der Waals surface area (Å²) >= 11 is 0. The molecule has 7 nitrogen and oxygen atoms in total. The van der Waals surface area contributed by atoms with Gasteiger partial charge in [-0.25, -0.2) is 9.38 Å². The highest BCUT2D eigenvalue weighted by Gasteiger charge is 2.23. The van der Waals surface area contributed by atoms with E-state index in [1.807, 2.05) is 38.1 Å². The maximum Gasteiger partial charge on any atom is 0.258 e. The summed E-state index contributed by atoms with van der Waals surface area (Å²) in [5.74, 6) is 1.54. The van der Waals surface area contributed by atoms with Gasteiger partial charge in [-0.2, -0.15) is 0 Å². The van der Waals surface area contributed by atoms with Crippen LogP contribution in [0, 0.1) is 5.82 Å². The summed E-state index contributed by atoms with van der Waals surface area (Å²) in [4.78, 5) is 16.4. The number of carbonyl (C=O) groups excluding carboxylic acids is 1. The second-order valence-corrected chi connectivity index (χ2v) is 7.74. The van der Waals surface area contributed by atoms with Crippen LogP contribution in [0.25, 0.3) is 0 Å². The zero-order valence-corrected chi connectivity index (χ0v) is 18.6. The molecule has 0 heterocycles. The molecule has 0 aromatic heterocycles. The Kier molecular flexibility index (Phi) is 8.71. The lowest BCUT2D eigenvalue weighted by atomic mass is 10.2. The van der Waals surface area contributed by atoms with Gasteiger partial charge in [0.15, 0.2) is 12.6 Å². The number of carbonyl (C=O) groups is 1. The van der Waals surface area contributed by atoms with Crippen molar-refractivity contribution in [2.45, 2.75) is 45.4 Å². The van der Waals surface area contributed by atoms with Gasteiger partial charge < -0.3 is 25.4 Å². The molecule has 3 rings (SSSR count). The van der Waals surface area contributed by atoms with Gasteiger partial charge in [-0.05, 0) is 68.7 Å². The lowest BCUT2D eigenvalue weighted by Crippen LogP contribution is -2.41. The number of hydrogen-bond acceptors (Lipinski definition) is 4. The van der Waals surface area contributed by atoms with E-state index in [0.29, 0.717) is 36.6 Å². The quantitative estimate of drug-likeness (QED) is 0.368. The van der Waals surface area contributed by atoms with Crippen LogP contribution in [0.1, 0.15) is 32.3 Å². The molecule has 2 aromatic carbocycles. The maximum atomic E-state index is 13.0. The number of hydrogen-bond donors (Lipinski definition) is 3. The standard InChI is InChI=1S/C24H31FN4O3/c1-3-26-24(27-14-17(2)32-21-11-7-19(25)8-12-21)28-15-18-5-4-6-22(13-18)31-16-23(30)29-20-9-10-20/h4-8,11-13,17,20H,3,9-10,14-16H2,1-2H3,(H,29,30)(H2,26,27,28). The molecule has 0 aliphatic heterocycles. The summed E-state index contributed by atoms with van der Waals surface area (Å²) in [6, 6.07) is 13.9. The van der Waals surface area contributed by atoms with E-state index in [1.54, 1.807) is 12.1 Å². The smallest absolute Gasteiger partial charge is 0.258 e. The van der Waals surface area contributed by atoms with Crippen molar-refractivity contribution < 1.29 is 18.7 Å². The molecule has 1 saturated carbocycles. The molecule has 1 fully saturated rings. The van der Waals surface area contributed by atoms with E-state index < -0.39 is 0 Å². The lowest BCUT2D eigenvalue weighted by molar-refractivity contribution is -0.123. The fraction of sp³-hybridized carbons (Fsp3) is 0.417. The molecule has 32 heavy (non-hydrogen) atoms. The Morgan fingerprint density at radius 1 is 1.16 bits per heavy atom. The van der Waals surface area contributed by atoms with Crippen LogP contribution in [-0.2, 0) is 11.3 Å². The van der Waals surface area contributed by atoms with Crippen LogP contribution in [-0.4, -0.2) is 43.7 Å². The Morgan fingerprint density at radius 2 is 1.94 bits per heavy atom. The van der Waals surface area contributed by atoms with Gasteiger partial charge >= 0.3 is 0 Å². The van der Waals surface area contributed by atoms with Gasteiger partial charge in [0, 0.05) is 12.6 Å². The third kappa shape index (κ3) is 8.45. The average molecular weight is 443 g/mol. The summed E-state index contributed by atoms with van der Waals surface area (Å²) < 4.78 is 24.4. The fourth-order valence-corrected chi connectivity index (χ4v) is 2.92. The highest BCUT2D eigenvalue weighted by atomic mass is 19.1. The molecule has 3 N–H and O–H groups in total. The van der Waals surface area contributed by atoms with Crippen LogP contribution in [0.3, 0.4) is 0 Å². The lowest BCUT2D eigenvalue weighted by Gasteiger charge is -2.17. The van der Waals surface area contributed by atoms with Crippen molar-refractivity contribution in [2.24, 2.45) is 4.99 Å². The zero-order chi connectivity index (χ0) is 22.8. The van der Waals surface area contributed by atoms with Gasteiger partial charge in [0.05, 0.1) is 13.1 Å². The molecule has 0 spiro atoms. The number of aliphatic imine (C=N–C) groups is 1. The molecule has 0 saturated heterocycles. The van der Waals surface area contributed by atoms with Crippen LogP contribution >= 0.6 is 0 Å². The predicted octanol–water partition coefficient (Wildman–Crippen LogP) is 3.01. The van der Waals surface area contributed by atoms with Crippen molar-refractivity contribution in [1.82, 2.24) is 16.0 Å². The summed E-state index contributed by atoms with van der Waals surface area (Å²) in [5.41, 5.74) is 0.970. The summed E-state index contributed by atoms with van der Waals surface area (Å²) in [7, 11) is 0. The number of halogens is 1. The van der Waals surface area contributed by atoms with E-state index in [9.17, 15) is 9.18 Å². The minimum absolute atomic E-state index is 0.0133. The SMILES string of the molecule is CCNC(=NCc1cccc(OCC(=O)NC2CC2)c1)NCC(C)Oc1ccc(F)cc1. The van der Waals surface area contributed by atoms with Gasteiger partial charge in [0.2, 0.25) is 0 Å². The number of benzene rings is 2. The van der Waals surface area contributed by atoms with Crippen molar-refractivity contribution in [1.29, 1.82) is 0 Å². The Labute approximate surface area is 188 Å². The third-order valence-electron chi connectivity index (χ3n) is 4.68. The normalized spacial score (nSPS) is 14.4.